The number of esters is 1. The van der Waals surface area contributed by atoms with Gasteiger partial charge < -0.3 is 39.2 Å². The van der Waals surface area contributed by atoms with Crippen LogP contribution >= 0.6 is 0 Å². The monoisotopic (exact) mass is 625 g/mol. The number of carboxylic acids is 1. The highest BCUT2D eigenvalue weighted by Crippen LogP contribution is 2.32. The van der Waals surface area contributed by atoms with E-state index >= 15 is 0 Å². The Kier molecular flexibility index (Phi) is 17.8. The van der Waals surface area contributed by atoms with Gasteiger partial charge in [0.05, 0.1) is 38.4 Å². The second-order valence-electron chi connectivity index (χ2n) is 12.6. The Morgan fingerprint density at radius 1 is 0.909 bits per heavy atom. The maximum absolute atomic E-state index is 12.7. The fourth-order valence-corrected chi connectivity index (χ4v) is 4.57. The molecular formula is C33H55NO10. The number of aliphatic carboxylic acids is 1. The summed E-state index contributed by atoms with van der Waals surface area (Å²) in [7, 11) is 3.01. The van der Waals surface area contributed by atoms with Crippen LogP contribution in [0.5, 0.6) is 11.5 Å². The predicted octanol–water partition coefficient (Wildman–Crippen LogP) is 5.39. The van der Waals surface area contributed by atoms with Gasteiger partial charge in [-0.2, -0.15) is 0 Å². The van der Waals surface area contributed by atoms with E-state index in [0.29, 0.717) is 69.8 Å². The molecule has 0 aliphatic rings. The summed E-state index contributed by atoms with van der Waals surface area (Å²) < 4.78 is 27.3. The molecule has 4 atom stereocenters. The minimum atomic E-state index is -1.08. The highest BCUT2D eigenvalue weighted by molar-refractivity contribution is 5.70. The zero-order valence-corrected chi connectivity index (χ0v) is 27.9. The van der Waals surface area contributed by atoms with Crippen LogP contribution in [-0.2, 0) is 30.2 Å². The van der Waals surface area contributed by atoms with Gasteiger partial charge in [-0.25, -0.2) is 4.79 Å². The summed E-state index contributed by atoms with van der Waals surface area (Å²) in [5.74, 6) is -0.625. The van der Waals surface area contributed by atoms with Gasteiger partial charge in [0.1, 0.15) is 5.60 Å². The number of unbranched alkanes of at least 4 members (excludes halogenated alkanes) is 1. The first kappa shape index (κ1) is 39.0. The van der Waals surface area contributed by atoms with E-state index in [-0.39, 0.29) is 24.2 Å². The Morgan fingerprint density at radius 3 is 2.16 bits per heavy atom. The van der Waals surface area contributed by atoms with Gasteiger partial charge in [-0.15, -0.1) is 0 Å². The molecule has 1 aromatic rings. The van der Waals surface area contributed by atoms with Gasteiger partial charge >= 0.3 is 18.0 Å². The lowest BCUT2D eigenvalue weighted by Gasteiger charge is -2.32. The van der Waals surface area contributed by atoms with E-state index in [0.717, 1.165) is 5.56 Å². The molecule has 0 bridgehead atoms. The van der Waals surface area contributed by atoms with Crippen LogP contribution in [0.25, 0.3) is 0 Å². The Morgan fingerprint density at radius 2 is 1.57 bits per heavy atom. The number of carbonyl (C=O) groups is 3. The third kappa shape index (κ3) is 16.1. The number of aliphatic hydroxyl groups excluding tert-OH is 1. The van der Waals surface area contributed by atoms with Crippen molar-refractivity contribution < 1.29 is 48.3 Å². The number of ether oxygens (including phenoxy) is 5. The molecule has 0 saturated carbocycles. The number of aliphatic hydroxyl groups is 1. The number of rotatable bonds is 21. The molecule has 44 heavy (non-hydrogen) atoms. The molecule has 0 aromatic heterocycles. The van der Waals surface area contributed by atoms with Crippen LogP contribution < -0.4 is 14.8 Å². The second-order valence-corrected chi connectivity index (χ2v) is 12.6. The number of carbonyl (C=O) groups excluding carboxylic acids is 2. The molecule has 0 unspecified atom stereocenters. The quantitative estimate of drug-likeness (QED) is 0.120. The number of hydrogen-bond acceptors (Lipinski definition) is 9. The molecule has 0 fully saturated rings. The largest absolute Gasteiger partial charge is 0.490 e. The van der Waals surface area contributed by atoms with E-state index in [4.69, 9.17) is 18.9 Å². The number of hydrogen-bond donors (Lipinski definition) is 3. The summed E-state index contributed by atoms with van der Waals surface area (Å²) in [4.78, 5) is 35.5. The molecule has 0 aliphatic carbocycles. The molecular weight excluding hydrogens is 570 g/mol. The molecule has 3 N–H and O–H groups in total. The van der Waals surface area contributed by atoms with Crippen molar-refractivity contribution >= 4 is 18.0 Å². The summed E-state index contributed by atoms with van der Waals surface area (Å²) in [6.45, 7) is 12.4. The van der Waals surface area contributed by atoms with Crippen molar-refractivity contribution in [2.24, 2.45) is 17.8 Å². The first-order valence-corrected chi connectivity index (χ1v) is 15.5. The van der Waals surface area contributed by atoms with E-state index in [9.17, 15) is 24.6 Å². The Balaban J connectivity index is 3.13. The van der Waals surface area contributed by atoms with Gasteiger partial charge in [0, 0.05) is 26.6 Å². The van der Waals surface area contributed by atoms with Crippen LogP contribution in [0.2, 0.25) is 0 Å². The van der Waals surface area contributed by atoms with Crippen molar-refractivity contribution in [1.82, 2.24) is 5.32 Å². The lowest BCUT2D eigenvalue weighted by atomic mass is 9.82. The minimum Gasteiger partial charge on any atom is -0.490 e. The van der Waals surface area contributed by atoms with Crippen LogP contribution in [0.1, 0.15) is 85.6 Å². The molecule has 11 nitrogen and oxygen atoms in total. The predicted molar refractivity (Wildman–Crippen MR) is 167 cm³/mol. The third-order valence-corrected chi connectivity index (χ3v) is 7.20. The van der Waals surface area contributed by atoms with Crippen molar-refractivity contribution in [1.29, 1.82) is 0 Å². The van der Waals surface area contributed by atoms with E-state index in [1.807, 2.05) is 18.2 Å². The number of methoxy groups -OCH3 is 2. The highest BCUT2D eigenvalue weighted by Gasteiger charge is 2.31. The van der Waals surface area contributed by atoms with Crippen molar-refractivity contribution in [3.05, 3.63) is 23.8 Å². The summed E-state index contributed by atoms with van der Waals surface area (Å²) in [5, 5.41) is 23.3. The number of benzene rings is 1. The maximum atomic E-state index is 12.7. The number of carboxylic acid groups (broad SMARTS) is 1. The molecule has 1 amide bonds. The number of nitrogens with one attached hydrogen (secondary N) is 1. The van der Waals surface area contributed by atoms with Crippen LogP contribution in [0.4, 0.5) is 4.79 Å². The summed E-state index contributed by atoms with van der Waals surface area (Å²) in [6, 6.07) is 5.08. The van der Waals surface area contributed by atoms with Crippen molar-refractivity contribution in [2.45, 2.75) is 104 Å². The molecule has 252 valence electrons. The van der Waals surface area contributed by atoms with Gasteiger partial charge in [-0.1, -0.05) is 26.8 Å². The Labute approximate surface area is 262 Å². The smallest absolute Gasteiger partial charge is 0.407 e. The lowest BCUT2D eigenvalue weighted by Crippen LogP contribution is -2.47. The standard InChI is InChI=1S/C33H55NO10/c1-22(2)25(21-26(27(35)18-23(3)31(37)38)34-32(39)44-33(4,5)6)19-24-13-14-28(29(20-24)43-17-11-15-40-7)42-16-10-9-12-30(36)41-8/h13-14,20,22-23,25-27,35H,9-12,15-19,21H2,1-8H3,(H,34,39)(H,37,38)/t23-,25+,26+,27+/m1/s1. The van der Waals surface area contributed by atoms with Crippen LogP contribution in [-0.4, -0.2) is 80.0 Å². The molecule has 11 heteroatoms. The highest BCUT2D eigenvalue weighted by atomic mass is 16.6. The molecule has 0 aliphatic heterocycles. The second kappa shape index (κ2) is 20.1. The molecule has 0 radical (unpaired) electrons. The molecule has 1 rings (SSSR count). The summed E-state index contributed by atoms with van der Waals surface area (Å²) >= 11 is 0. The van der Waals surface area contributed by atoms with Crippen molar-refractivity contribution in [3.63, 3.8) is 0 Å². The third-order valence-electron chi connectivity index (χ3n) is 7.20. The summed E-state index contributed by atoms with van der Waals surface area (Å²) in [5.41, 5.74) is 0.267. The lowest BCUT2D eigenvalue weighted by molar-refractivity contribution is -0.142. The van der Waals surface area contributed by atoms with E-state index in [2.05, 4.69) is 23.9 Å². The first-order valence-electron chi connectivity index (χ1n) is 15.5. The van der Waals surface area contributed by atoms with E-state index in [1.165, 1.54) is 14.0 Å². The van der Waals surface area contributed by atoms with Gasteiger partial charge in [0.15, 0.2) is 11.5 Å². The van der Waals surface area contributed by atoms with E-state index in [1.54, 1.807) is 27.9 Å². The first-order chi connectivity index (χ1) is 20.7. The van der Waals surface area contributed by atoms with Gasteiger partial charge in [0.2, 0.25) is 0 Å². The Hall–Kier alpha value is -3.05. The number of alkyl carbamates (subject to hydrolysis) is 1. The average Bonchev–Trinajstić information content (AvgIpc) is 2.93. The summed E-state index contributed by atoms with van der Waals surface area (Å²) in [6.07, 6.45) is 1.67. The van der Waals surface area contributed by atoms with Gasteiger partial charge in [-0.05, 0) is 82.4 Å². The zero-order chi connectivity index (χ0) is 33.3. The minimum absolute atomic E-state index is 0.00819. The van der Waals surface area contributed by atoms with E-state index < -0.39 is 35.7 Å². The SMILES string of the molecule is COCCCOc1cc(C[C@@H](C[C@H](NC(=O)OC(C)(C)C)[C@@H](O)C[C@@H](C)C(=O)O)C(C)C)ccc1OCCCCC(=O)OC. The van der Waals surface area contributed by atoms with Gasteiger partial charge in [0.25, 0.3) is 0 Å². The normalized spacial score (nSPS) is 14.3. The topological polar surface area (TPSA) is 150 Å². The maximum Gasteiger partial charge on any atom is 0.407 e. The molecule has 0 heterocycles. The van der Waals surface area contributed by atoms with Crippen molar-refractivity contribution in [2.75, 3.05) is 34.0 Å². The zero-order valence-electron chi connectivity index (χ0n) is 27.9. The van der Waals surface area contributed by atoms with Gasteiger partial charge in [-0.3, -0.25) is 9.59 Å². The van der Waals surface area contributed by atoms with Crippen molar-refractivity contribution in [3.8, 4) is 11.5 Å². The molecule has 0 spiro atoms. The van der Waals surface area contributed by atoms with Crippen LogP contribution in [0.15, 0.2) is 18.2 Å². The fourth-order valence-electron chi connectivity index (χ4n) is 4.57. The van der Waals surface area contributed by atoms with Crippen LogP contribution in [0, 0.1) is 17.8 Å². The Bertz CT molecular complexity index is 1010. The van der Waals surface area contributed by atoms with Crippen LogP contribution in [0.3, 0.4) is 0 Å². The fraction of sp³-hybridized carbons (Fsp3) is 0.727. The number of amides is 1. The molecule has 0 saturated heterocycles. The molecule has 1 aromatic carbocycles. The average molecular weight is 626 g/mol.